The van der Waals surface area contributed by atoms with E-state index in [1.807, 2.05) is 36.4 Å². The summed E-state index contributed by atoms with van der Waals surface area (Å²) in [6.45, 7) is 4.10. The van der Waals surface area contributed by atoms with E-state index in [4.69, 9.17) is 25.8 Å². The summed E-state index contributed by atoms with van der Waals surface area (Å²) in [5.74, 6) is 2.24. The lowest BCUT2D eigenvalue weighted by Crippen LogP contribution is -2.13. The van der Waals surface area contributed by atoms with E-state index in [-0.39, 0.29) is 0 Å². The molecule has 4 nitrogen and oxygen atoms in total. The number of halogens is 1. The van der Waals surface area contributed by atoms with Gasteiger partial charge in [0, 0.05) is 24.2 Å². The smallest absolute Gasteiger partial charge is 0.162 e. The van der Waals surface area contributed by atoms with E-state index in [0.29, 0.717) is 29.7 Å². The molecule has 5 heteroatoms. The molecular formula is C19H24ClNO3. The van der Waals surface area contributed by atoms with Crippen LogP contribution in [0.25, 0.3) is 0 Å². The van der Waals surface area contributed by atoms with Crippen molar-refractivity contribution in [3.8, 4) is 17.2 Å². The molecule has 0 radical (unpaired) electrons. The van der Waals surface area contributed by atoms with Gasteiger partial charge in [-0.1, -0.05) is 30.7 Å². The third kappa shape index (κ3) is 5.05. The molecule has 0 aliphatic heterocycles. The Morgan fingerprint density at radius 1 is 0.958 bits per heavy atom. The quantitative estimate of drug-likeness (QED) is 0.726. The molecule has 24 heavy (non-hydrogen) atoms. The lowest BCUT2D eigenvalue weighted by Gasteiger charge is -2.14. The third-order valence-corrected chi connectivity index (χ3v) is 3.95. The number of rotatable bonds is 9. The Labute approximate surface area is 148 Å². The van der Waals surface area contributed by atoms with Crippen LogP contribution in [-0.4, -0.2) is 20.8 Å². The van der Waals surface area contributed by atoms with E-state index in [9.17, 15) is 0 Å². The summed E-state index contributed by atoms with van der Waals surface area (Å²) in [5.41, 5.74) is 2.16. The van der Waals surface area contributed by atoms with Gasteiger partial charge in [0.2, 0.25) is 0 Å². The van der Waals surface area contributed by atoms with Crippen molar-refractivity contribution < 1.29 is 14.2 Å². The first-order valence-corrected chi connectivity index (χ1v) is 8.38. The van der Waals surface area contributed by atoms with E-state index in [1.165, 1.54) is 5.56 Å². The highest BCUT2D eigenvalue weighted by atomic mass is 35.5. The van der Waals surface area contributed by atoms with Gasteiger partial charge in [-0.15, -0.1) is 0 Å². The molecular weight excluding hydrogens is 326 g/mol. The van der Waals surface area contributed by atoms with Gasteiger partial charge in [0.05, 0.1) is 20.8 Å². The Hall–Kier alpha value is -1.91. The zero-order valence-corrected chi connectivity index (χ0v) is 15.2. The van der Waals surface area contributed by atoms with Gasteiger partial charge >= 0.3 is 0 Å². The van der Waals surface area contributed by atoms with Crippen molar-refractivity contribution in [1.82, 2.24) is 5.32 Å². The molecule has 1 N–H and O–H groups in total. The van der Waals surface area contributed by atoms with Gasteiger partial charge in [-0.2, -0.15) is 0 Å². The zero-order valence-electron chi connectivity index (χ0n) is 14.4. The van der Waals surface area contributed by atoms with Crippen LogP contribution >= 0.6 is 11.6 Å². The second-order valence-corrected chi connectivity index (χ2v) is 5.80. The monoisotopic (exact) mass is 349 g/mol. The van der Waals surface area contributed by atoms with Crippen molar-refractivity contribution in [2.75, 3.05) is 20.8 Å². The lowest BCUT2D eigenvalue weighted by atomic mass is 10.1. The Morgan fingerprint density at radius 2 is 1.71 bits per heavy atom. The van der Waals surface area contributed by atoms with E-state index < -0.39 is 0 Å². The molecule has 0 amide bonds. The summed E-state index contributed by atoms with van der Waals surface area (Å²) in [5, 5.41) is 4.06. The summed E-state index contributed by atoms with van der Waals surface area (Å²) in [6.07, 6.45) is 0.936. The van der Waals surface area contributed by atoms with Gasteiger partial charge in [-0.25, -0.2) is 0 Å². The second-order valence-electron chi connectivity index (χ2n) is 5.39. The highest BCUT2D eigenvalue weighted by Gasteiger charge is 2.10. The second kappa shape index (κ2) is 9.40. The Kier molecular flexibility index (Phi) is 7.22. The molecule has 130 valence electrons. The average Bonchev–Trinajstić information content (AvgIpc) is 2.62. The number of ether oxygens (including phenoxy) is 3. The number of hydrogen-bond acceptors (Lipinski definition) is 4. The first-order chi connectivity index (χ1) is 11.7. The van der Waals surface area contributed by atoms with E-state index in [0.717, 1.165) is 24.3 Å². The summed E-state index contributed by atoms with van der Waals surface area (Å²) in [4.78, 5) is 0. The van der Waals surface area contributed by atoms with Gasteiger partial charge < -0.3 is 19.5 Å². The predicted octanol–water partition coefficient (Wildman–Crippen LogP) is 4.44. The van der Waals surface area contributed by atoms with Crippen LogP contribution in [0.4, 0.5) is 0 Å². The molecule has 0 unspecified atom stereocenters. The molecule has 2 rings (SSSR count). The van der Waals surface area contributed by atoms with Gasteiger partial charge in [-0.05, 0) is 35.7 Å². The maximum atomic E-state index is 6.37. The normalized spacial score (nSPS) is 10.5. The van der Waals surface area contributed by atoms with Gasteiger partial charge in [0.15, 0.2) is 11.5 Å². The van der Waals surface area contributed by atoms with Gasteiger partial charge in [0.25, 0.3) is 0 Å². The number of nitrogens with one attached hydrogen (secondary N) is 1. The van der Waals surface area contributed by atoms with Crippen molar-refractivity contribution in [1.29, 1.82) is 0 Å². The van der Waals surface area contributed by atoms with Gasteiger partial charge in [0.1, 0.15) is 5.75 Å². The van der Waals surface area contributed by atoms with Crippen LogP contribution in [0.3, 0.4) is 0 Å². The van der Waals surface area contributed by atoms with Crippen molar-refractivity contribution in [3.63, 3.8) is 0 Å². The number of benzene rings is 2. The van der Waals surface area contributed by atoms with Crippen LogP contribution in [0.5, 0.6) is 17.2 Å². The molecule has 0 saturated heterocycles. The molecule has 0 fully saturated rings. The Bertz CT molecular complexity index is 644. The van der Waals surface area contributed by atoms with E-state index in [1.54, 1.807) is 14.2 Å². The molecule has 0 heterocycles. The fraction of sp³-hybridized carbons (Fsp3) is 0.368. The fourth-order valence-corrected chi connectivity index (χ4v) is 2.50. The Balaban J connectivity index is 1.98. The lowest BCUT2D eigenvalue weighted by molar-refractivity contribution is 0.294. The minimum absolute atomic E-state index is 0.641. The third-order valence-electron chi connectivity index (χ3n) is 3.60. The standard InChI is InChI=1S/C19H24ClNO3/c1-4-9-24-19-11-17(20)15(10-18(19)23-3)13-21-12-14-5-7-16(22-2)8-6-14/h5-8,10-11,21H,4,9,12-13H2,1-3H3. The van der Waals surface area contributed by atoms with Crippen molar-refractivity contribution in [2.24, 2.45) is 0 Å². The molecule has 2 aromatic rings. The summed E-state index contributed by atoms with van der Waals surface area (Å²) < 4.78 is 16.2. The Morgan fingerprint density at radius 3 is 2.33 bits per heavy atom. The molecule has 0 aliphatic carbocycles. The summed E-state index contributed by atoms with van der Waals surface area (Å²) >= 11 is 6.37. The predicted molar refractivity (Wildman–Crippen MR) is 97.3 cm³/mol. The van der Waals surface area contributed by atoms with E-state index in [2.05, 4.69) is 12.2 Å². The minimum Gasteiger partial charge on any atom is -0.497 e. The molecule has 2 aromatic carbocycles. The largest absolute Gasteiger partial charge is 0.497 e. The number of methoxy groups -OCH3 is 2. The van der Waals surface area contributed by atoms with E-state index >= 15 is 0 Å². The van der Waals surface area contributed by atoms with Gasteiger partial charge in [-0.3, -0.25) is 0 Å². The summed E-state index contributed by atoms with van der Waals surface area (Å²) in [7, 11) is 3.30. The molecule has 0 aromatic heterocycles. The van der Waals surface area contributed by atoms with Crippen LogP contribution in [-0.2, 0) is 13.1 Å². The minimum atomic E-state index is 0.641. The molecule has 0 bridgehead atoms. The van der Waals surface area contributed by atoms with Crippen LogP contribution < -0.4 is 19.5 Å². The molecule has 0 atom stereocenters. The first kappa shape index (κ1) is 18.4. The molecule has 0 spiro atoms. The maximum absolute atomic E-state index is 6.37. The number of hydrogen-bond donors (Lipinski definition) is 1. The maximum Gasteiger partial charge on any atom is 0.162 e. The van der Waals surface area contributed by atoms with Crippen molar-refractivity contribution in [3.05, 3.63) is 52.5 Å². The van der Waals surface area contributed by atoms with Crippen LogP contribution in [0.2, 0.25) is 5.02 Å². The molecule has 0 aliphatic rings. The zero-order chi connectivity index (χ0) is 17.4. The van der Waals surface area contributed by atoms with Crippen LogP contribution in [0.15, 0.2) is 36.4 Å². The van der Waals surface area contributed by atoms with Crippen LogP contribution in [0, 0.1) is 0 Å². The first-order valence-electron chi connectivity index (χ1n) is 8.00. The highest BCUT2D eigenvalue weighted by Crippen LogP contribution is 2.33. The molecule has 0 saturated carbocycles. The van der Waals surface area contributed by atoms with Crippen molar-refractivity contribution >= 4 is 11.6 Å². The van der Waals surface area contributed by atoms with Crippen molar-refractivity contribution in [2.45, 2.75) is 26.4 Å². The topological polar surface area (TPSA) is 39.7 Å². The highest BCUT2D eigenvalue weighted by molar-refractivity contribution is 6.31. The fourth-order valence-electron chi connectivity index (χ4n) is 2.28. The SMILES string of the molecule is CCCOc1cc(Cl)c(CNCc2ccc(OC)cc2)cc1OC. The van der Waals surface area contributed by atoms with Crippen LogP contribution in [0.1, 0.15) is 24.5 Å². The average molecular weight is 350 g/mol. The summed E-state index contributed by atoms with van der Waals surface area (Å²) in [6, 6.07) is 11.7.